The van der Waals surface area contributed by atoms with Crippen LogP contribution in [0.2, 0.25) is 0 Å². The molecule has 3 rings (SSSR count). The van der Waals surface area contributed by atoms with Crippen LogP contribution in [0.3, 0.4) is 0 Å². The van der Waals surface area contributed by atoms with Crippen LogP contribution in [0, 0.1) is 0 Å². The van der Waals surface area contributed by atoms with E-state index in [4.69, 9.17) is 0 Å². The highest BCUT2D eigenvalue weighted by Gasteiger charge is 2.04. The number of aryl methyl sites for hydroxylation is 1. The molecule has 0 aliphatic heterocycles. The van der Waals surface area contributed by atoms with Crippen molar-refractivity contribution >= 4 is 46.9 Å². The Morgan fingerprint density at radius 3 is 2.83 bits per heavy atom. The van der Waals surface area contributed by atoms with Gasteiger partial charge in [0.05, 0.1) is 18.8 Å². The van der Waals surface area contributed by atoms with Crippen molar-refractivity contribution in [2.45, 2.75) is 26.4 Å². The van der Waals surface area contributed by atoms with Crippen LogP contribution in [0.5, 0.6) is 0 Å². The van der Waals surface area contributed by atoms with Crippen molar-refractivity contribution in [1.29, 1.82) is 0 Å². The van der Waals surface area contributed by atoms with E-state index in [-0.39, 0.29) is 24.0 Å². The molecule has 0 spiro atoms. The highest BCUT2D eigenvalue weighted by atomic mass is 127. The average molecular weight is 456 g/mol. The largest absolute Gasteiger partial charge is 0.351 e. The van der Waals surface area contributed by atoms with Crippen molar-refractivity contribution in [3.63, 3.8) is 0 Å². The first-order valence-corrected chi connectivity index (χ1v) is 8.41. The smallest absolute Gasteiger partial charge is 0.191 e. The Morgan fingerprint density at radius 2 is 2.12 bits per heavy atom. The first-order valence-electron chi connectivity index (χ1n) is 7.59. The molecule has 0 unspecified atom stereocenters. The third-order valence-electron chi connectivity index (χ3n) is 3.43. The number of rotatable bonds is 5. The molecule has 3 aromatic heterocycles. The lowest BCUT2D eigenvalue weighted by molar-refractivity contribution is 0.795. The topological polar surface area (TPSA) is 66.6 Å². The molecular formula is C16H21IN6S. The van der Waals surface area contributed by atoms with Gasteiger partial charge >= 0.3 is 0 Å². The summed E-state index contributed by atoms with van der Waals surface area (Å²) in [4.78, 5) is 14.5. The molecule has 0 aromatic carbocycles. The van der Waals surface area contributed by atoms with Gasteiger partial charge in [-0.05, 0) is 18.6 Å². The molecule has 0 atom stereocenters. The fourth-order valence-electron chi connectivity index (χ4n) is 2.22. The summed E-state index contributed by atoms with van der Waals surface area (Å²) in [7, 11) is 1.76. The van der Waals surface area contributed by atoms with Gasteiger partial charge in [-0.25, -0.2) is 9.97 Å². The Balaban J connectivity index is 0.00000208. The van der Waals surface area contributed by atoms with E-state index in [0.29, 0.717) is 13.1 Å². The van der Waals surface area contributed by atoms with Crippen molar-refractivity contribution in [2.75, 3.05) is 7.05 Å². The van der Waals surface area contributed by atoms with Gasteiger partial charge in [-0.2, -0.15) is 0 Å². The van der Waals surface area contributed by atoms with E-state index in [0.717, 1.165) is 28.7 Å². The zero-order valence-corrected chi connectivity index (χ0v) is 16.8. The van der Waals surface area contributed by atoms with Crippen LogP contribution in [-0.4, -0.2) is 27.4 Å². The third kappa shape index (κ3) is 4.67. The fraction of sp³-hybridized carbons (Fsp3) is 0.312. The van der Waals surface area contributed by atoms with Crippen LogP contribution in [0.1, 0.15) is 22.5 Å². The molecule has 0 amide bonds. The van der Waals surface area contributed by atoms with Crippen LogP contribution >= 0.6 is 35.3 Å². The van der Waals surface area contributed by atoms with Crippen molar-refractivity contribution in [1.82, 2.24) is 25.0 Å². The lowest BCUT2D eigenvalue weighted by atomic mass is 10.4. The summed E-state index contributed by atoms with van der Waals surface area (Å²) in [5.41, 5.74) is 1.92. The van der Waals surface area contributed by atoms with E-state index in [1.165, 1.54) is 4.88 Å². The Hall–Kier alpha value is -1.68. The minimum Gasteiger partial charge on any atom is -0.351 e. The lowest BCUT2D eigenvalue weighted by Crippen LogP contribution is -2.36. The van der Waals surface area contributed by atoms with Gasteiger partial charge in [0.2, 0.25) is 0 Å². The molecular weight excluding hydrogens is 435 g/mol. The van der Waals surface area contributed by atoms with E-state index >= 15 is 0 Å². The molecule has 3 heterocycles. The van der Waals surface area contributed by atoms with Crippen LogP contribution in [0.25, 0.3) is 5.65 Å². The monoisotopic (exact) mass is 456 g/mol. The second kappa shape index (κ2) is 8.97. The summed E-state index contributed by atoms with van der Waals surface area (Å²) in [5, 5.41) is 7.62. The van der Waals surface area contributed by atoms with Gasteiger partial charge in [0.15, 0.2) is 5.96 Å². The molecule has 24 heavy (non-hydrogen) atoms. The van der Waals surface area contributed by atoms with E-state index in [1.807, 2.05) is 41.2 Å². The number of nitrogens with zero attached hydrogens (tertiary/aromatic N) is 4. The average Bonchev–Trinajstić information content (AvgIpc) is 3.21. The van der Waals surface area contributed by atoms with Gasteiger partial charge in [0.25, 0.3) is 0 Å². The normalized spacial score (nSPS) is 11.3. The Bertz CT molecular complexity index is 777. The Morgan fingerprint density at radius 1 is 1.29 bits per heavy atom. The molecule has 0 bridgehead atoms. The number of hydrogen-bond donors (Lipinski definition) is 2. The predicted octanol–water partition coefficient (Wildman–Crippen LogP) is 2.84. The molecule has 128 valence electrons. The van der Waals surface area contributed by atoms with Crippen LogP contribution in [0.4, 0.5) is 0 Å². The molecule has 2 N–H and O–H groups in total. The first kappa shape index (κ1) is 18.7. The number of aliphatic imine (C=N–C) groups is 1. The summed E-state index contributed by atoms with van der Waals surface area (Å²) in [6, 6.07) is 5.97. The van der Waals surface area contributed by atoms with Crippen molar-refractivity contribution in [3.8, 4) is 0 Å². The maximum Gasteiger partial charge on any atom is 0.191 e. The standard InChI is InChI=1S/C16H20N6S.HI/c1-3-13-9-18-15(23-13)10-20-16(17-2)19-8-12-11-22-7-5-4-6-14(22)21-12;/h4-7,9,11H,3,8,10H2,1-2H3,(H2,17,19,20);1H. The molecule has 0 aliphatic rings. The van der Waals surface area contributed by atoms with E-state index in [1.54, 1.807) is 18.4 Å². The number of aromatic nitrogens is 3. The van der Waals surface area contributed by atoms with Crippen LogP contribution in [-0.2, 0) is 19.5 Å². The summed E-state index contributed by atoms with van der Waals surface area (Å²) >= 11 is 1.73. The summed E-state index contributed by atoms with van der Waals surface area (Å²) in [6.45, 7) is 3.44. The molecule has 6 nitrogen and oxygen atoms in total. The Kier molecular flexibility index (Phi) is 6.98. The molecule has 3 aromatic rings. The highest BCUT2D eigenvalue weighted by Crippen LogP contribution is 2.12. The number of nitrogens with one attached hydrogen (secondary N) is 2. The van der Waals surface area contributed by atoms with Crippen LogP contribution < -0.4 is 10.6 Å². The van der Waals surface area contributed by atoms with Gasteiger partial charge in [-0.15, -0.1) is 35.3 Å². The predicted molar refractivity (Wildman–Crippen MR) is 109 cm³/mol. The van der Waals surface area contributed by atoms with E-state index < -0.39 is 0 Å². The molecule has 8 heteroatoms. The number of imidazole rings is 1. The quantitative estimate of drug-likeness (QED) is 0.352. The number of fused-ring (bicyclic) bond motifs is 1. The first-order chi connectivity index (χ1) is 11.3. The molecule has 0 fully saturated rings. The Labute approximate surface area is 162 Å². The van der Waals surface area contributed by atoms with Crippen molar-refractivity contribution < 1.29 is 0 Å². The SMILES string of the molecule is CCc1cnc(CNC(=NC)NCc2cn3ccccc3n2)s1.I. The summed E-state index contributed by atoms with van der Waals surface area (Å²) < 4.78 is 2.01. The molecule has 0 saturated heterocycles. The van der Waals surface area contributed by atoms with Crippen molar-refractivity contribution in [2.24, 2.45) is 4.99 Å². The van der Waals surface area contributed by atoms with E-state index in [9.17, 15) is 0 Å². The second-order valence-electron chi connectivity index (χ2n) is 5.05. The maximum absolute atomic E-state index is 4.56. The lowest BCUT2D eigenvalue weighted by Gasteiger charge is -2.09. The van der Waals surface area contributed by atoms with Gasteiger partial charge in [0.1, 0.15) is 10.7 Å². The number of guanidine groups is 1. The number of thiazole rings is 1. The third-order valence-corrected chi connectivity index (χ3v) is 4.57. The highest BCUT2D eigenvalue weighted by molar-refractivity contribution is 14.0. The molecule has 0 radical (unpaired) electrons. The second-order valence-corrected chi connectivity index (χ2v) is 6.25. The zero-order valence-electron chi connectivity index (χ0n) is 13.7. The minimum absolute atomic E-state index is 0. The maximum atomic E-state index is 4.56. The van der Waals surface area contributed by atoms with Gasteiger partial charge < -0.3 is 15.0 Å². The van der Waals surface area contributed by atoms with Crippen LogP contribution in [0.15, 0.2) is 41.8 Å². The van der Waals surface area contributed by atoms with Gasteiger partial charge in [-0.3, -0.25) is 4.99 Å². The zero-order chi connectivity index (χ0) is 16.1. The van der Waals surface area contributed by atoms with Gasteiger partial charge in [0, 0.05) is 30.5 Å². The minimum atomic E-state index is 0. The number of halogens is 1. The fourth-order valence-corrected chi connectivity index (χ4v) is 3.02. The summed E-state index contributed by atoms with van der Waals surface area (Å²) in [5.74, 6) is 0.746. The molecule has 0 aliphatic carbocycles. The van der Waals surface area contributed by atoms with Crippen molar-refractivity contribution in [3.05, 3.63) is 52.4 Å². The van der Waals surface area contributed by atoms with Gasteiger partial charge in [-0.1, -0.05) is 13.0 Å². The van der Waals surface area contributed by atoms with E-state index in [2.05, 4.69) is 32.5 Å². The molecule has 0 saturated carbocycles. The number of hydrogen-bond acceptors (Lipinski definition) is 4. The summed E-state index contributed by atoms with van der Waals surface area (Å²) in [6.07, 6.45) is 6.98. The number of pyridine rings is 1.